The molecule has 2 aromatic rings. The van der Waals surface area contributed by atoms with Crippen LogP contribution in [0.1, 0.15) is 74.3 Å². The summed E-state index contributed by atoms with van der Waals surface area (Å²) in [6.07, 6.45) is 10.1. The van der Waals surface area contributed by atoms with E-state index in [0.29, 0.717) is 21.6 Å². The van der Waals surface area contributed by atoms with E-state index in [2.05, 4.69) is 0 Å². The monoisotopic (exact) mass is 354 g/mol. The zero-order valence-corrected chi connectivity index (χ0v) is 15.5. The largest absolute Gasteiger partial charge is 0.219 e. The SMILES string of the molecule is O=S(=O)(c1ccc(C2CCCC2)cc1)c1ccc(C2CCCC2)cc1. The van der Waals surface area contributed by atoms with E-state index >= 15 is 0 Å². The second kappa shape index (κ2) is 6.95. The fourth-order valence-electron chi connectivity index (χ4n) is 4.49. The minimum absolute atomic E-state index is 0.405. The lowest BCUT2D eigenvalue weighted by atomic mass is 9.98. The quantitative estimate of drug-likeness (QED) is 0.692. The van der Waals surface area contributed by atoms with Gasteiger partial charge in [0.05, 0.1) is 9.79 Å². The maximum atomic E-state index is 12.9. The van der Waals surface area contributed by atoms with Gasteiger partial charge in [0.25, 0.3) is 0 Å². The average molecular weight is 355 g/mol. The summed E-state index contributed by atoms with van der Waals surface area (Å²) in [6, 6.07) is 15.2. The molecule has 2 aliphatic rings. The highest BCUT2D eigenvalue weighted by Crippen LogP contribution is 2.36. The lowest BCUT2D eigenvalue weighted by molar-refractivity contribution is 0.595. The number of hydrogen-bond acceptors (Lipinski definition) is 2. The van der Waals surface area contributed by atoms with E-state index < -0.39 is 9.84 Å². The molecule has 0 radical (unpaired) electrons. The predicted octanol–water partition coefficient (Wildman–Crippen LogP) is 5.83. The lowest BCUT2D eigenvalue weighted by Crippen LogP contribution is -2.03. The summed E-state index contributed by atoms with van der Waals surface area (Å²) in [5.41, 5.74) is 2.57. The summed E-state index contributed by atoms with van der Waals surface area (Å²) in [7, 11) is -3.42. The molecule has 2 saturated carbocycles. The first-order valence-corrected chi connectivity index (χ1v) is 11.1. The molecule has 0 N–H and O–H groups in total. The molecule has 0 spiro atoms. The smallest absolute Gasteiger partial charge is 0.206 e. The van der Waals surface area contributed by atoms with E-state index in [0.717, 1.165) is 0 Å². The van der Waals surface area contributed by atoms with Gasteiger partial charge in [0.1, 0.15) is 0 Å². The lowest BCUT2D eigenvalue weighted by Gasteiger charge is -2.12. The van der Waals surface area contributed by atoms with Crippen LogP contribution in [0, 0.1) is 0 Å². The Morgan fingerprint density at radius 2 is 0.880 bits per heavy atom. The van der Waals surface area contributed by atoms with E-state index in [4.69, 9.17) is 0 Å². The van der Waals surface area contributed by atoms with Gasteiger partial charge in [-0.15, -0.1) is 0 Å². The van der Waals surface area contributed by atoms with Crippen LogP contribution in [0.5, 0.6) is 0 Å². The Morgan fingerprint density at radius 1 is 0.560 bits per heavy atom. The van der Waals surface area contributed by atoms with Crippen molar-refractivity contribution in [3.63, 3.8) is 0 Å². The van der Waals surface area contributed by atoms with Gasteiger partial charge in [-0.05, 0) is 72.9 Å². The number of hydrogen-bond donors (Lipinski definition) is 0. The van der Waals surface area contributed by atoms with Gasteiger partial charge >= 0.3 is 0 Å². The first-order valence-electron chi connectivity index (χ1n) is 9.59. The molecule has 2 nitrogen and oxygen atoms in total. The van der Waals surface area contributed by atoms with Crippen LogP contribution in [0.4, 0.5) is 0 Å². The minimum atomic E-state index is -3.42. The average Bonchev–Trinajstić information content (AvgIpc) is 3.36. The standard InChI is InChI=1S/C22H26O2S/c23-25(24,21-13-9-19(10-14-21)17-5-1-2-6-17)22-15-11-20(12-16-22)18-7-3-4-8-18/h9-18H,1-8H2. The van der Waals surface area contributed by atoms with Gasteiger partial charge in [-0.3, -0.25) is 0 Å². The molecule has 0 unspecified atom stereocenters. The molecule has 25 heavy (non-hydrogen) atoms. The van der Waals surface area contributed by atoms with Crippen LogP contribution in [0.3, 0.4) is 0 Å². The maximum Gasteiger partial charge on any atom is 0.206 e. The molecule has 132 valence electrons. The second-order valence-corrected chi connectivity index (χ2v) is 9.55. The molecule has 4 rings (SSSR count). The fourth-order valence-corrected chi connectivity index (χ4v) is 5.75. The van der Waals surface area contributed by atoms with Crippen molar-refractivity contribution < 1.29 is 8.42 Å². The highest BCUT2D eigenvalue weighted by atomic mass is 32.2. The first kappa shape index (κ1) is 16.8. The van der Waals surface area contributed by atoms with Crippen molar-refractivity contribution in [2.75, 3.05) is 0 Å². The number of benzene rings is 2. The molecule has 0 aromatic heterocycles. The number of sulfone groups is 1. The van der Waals surface area contributed by atoms with E-state index in [1.165, 1.54) is 62.5 Å². The summed E-state index contributed by atoms with van der Waals surface area (Å²) in [5, 5.41) is 0. The molecule has 0 heterocycles. The van der Waals surface area contributed by atoms with E-state index in [1.807, 2.05) is 24.3 Å². The molecule has 0 bridgehead atoms. The van der Waals surface area contributed by atoms with Crippen LogP contribution in [0.25, 0.3) is 0 Å². The third-order valence-electron chi connectivity index (χ3n) is 6.03. The Kier molecular flexibility index (Phi) is 4.68. The predicted molar refractivity (Wildman–Crippen MR) is 101 cm³/mol. The van der Waals surface area contributed by atoms with Crippen molar-refractivity contribution in [1.82, 2.24) is 0 Å². The normalized spacial score (nSPS) is 19.5. The third kappa shape index (κ3) is 3.39. The highest BCUT2D eigenvalue weighted by molar-refractivity contribution is 7.91. The molecule has 0 saturated heterocycles. The Morgan fingerprint density at radius 3 is 1.20 bits per heavy atom. The van der Waals surface area contributed by atoms with Gasteiger partial charge < -0.3 is 0 Å². The van der Waals surface area contributed by atoms with Gasteiger partial charge in [0.2, 0.25) is 9.84 Å². The van der Waals surface area contributed by atoms with Gasteiger partial charge in [-0.25, -0.2) is 8.42 Å². The van der Waals surface area contributed by atoms with Gasteiger partial charge in [0, 0.05) is 0 Å². The van der Waals surface area contributed by atoms with Gasteiger partial charge in [-0.2, -0.15) is 0 Å². The number of rotatable bonds is 4. The third-order valence-corrected chi connectivity index (χ3v) is 7.82. The molecule has 2 fully saturated rings. The molecular formula is C22H26O2S. The van der Waals surface area contributed by atoms with Crippen molar-refractivity contribution in [2.24, 2.45) is 0 Å². The zero-order valence-electron chi connectivity index (χ0n) is 14.7. The first-order chi connectivity index (χ1) is 12.1. The highest BCUT2D eigenvalue weighted by Gasteiger charge is 2.22. The summed E-state index contributed by atoms with van der Waals surface area (Å²) in [4.78, 5) is 0.811. The van der Waals surface area contributed by atoms with Crippen molar-refractivity contribution in [2.45, 2.75) is 73.0 Å². The topological polar surface area (TPSA) is 34.1 Å². The Bertz CT molecular complexity index is 742. The Hall–Kier alpha value is -1.61. The molecule has 0 amide bonds. The minimum Gasteiger partial charge on any atom is -0.219 e. The molecular weight excluding hydrogens is 328 g/mol. The fraction of sp³-hybridized carbons (Fsp3) is 0.455. The summed E-state index contributed by atoms with van der Waals surface area (Å²) in [6.45, 7) is 0. The van der Waals surface area contributed by atoms with Gasteiger partial charge in [0.15, 0.2) is 0 Å². The molecule has 2 aromatic carbocycles. The molecule has 2 aliphatic carbocycles. The van der Waals surface area contributed by atoms with E-state index in [-0.39, 0.29) is 0 Å². The van der Waals surface area contributed by atoms with Crippen LogP contribution in [0.15, 0.2) is 58.3 Å². The van der Waals surface area contributed by atoms with Crippen LogP contribution < -0.4 is 0 Å². The second-order valence-electron chi connectivity index (χ2n) is 7.60. The molecule has 0 atom stereocenters. The summed E-state index contributed by atoms with van der Waals surface area (Å²) < 4.78 is 25.8. The summed E-state index contributed by atoms with van der Waals surface area (Å²) in [5.74, 6) is 1.23. The Balaban J connectivity index is 1.56. The van der Waals surface area contributed by atoms with Crippen LogP contribution >= 0.6 is 0 Å². The van der Waals surface area contributed by atoms with Crippen LogP contribution in [0.2, 0.25) is 0 Å². The van der Waals surface area contributed by atoms with Crippen molar-refractivity contribution in [3.05, 3.63) is 59.7 Å². The van der Waals surface area contributed by atoms with Crippen LogP contribution in [-0.2, 0) is 9.84 Å². The zero-order chi connectivity index (χ0) is 17.3. The van der Waals surface area contributed by atoms with Gasteiger partial charge in [-0.1, -0.05) is 49.9 Å². The summed E-state index contributed by atoms with van der Waals surface area (Å²) >= 11 is 0. The van der Waals surface area contributed by atoms with Crippen molar-refractivity contribution in [1.29, 1.82) is 0 Å². The van der Waals surface area contributed by atoms with Crippen molar-refractivity contribution >= 4 is 9.84 Å². The maximum absolute atomic E-state index is 12.9. The molecule has 3 heteroatoms. The van der Waals surface area contributed by atoms with E-state index in [9.17, 15) is 8.42 Å². The molecule has 0 aliphatic heterocycles. The van der Waals surface area contributed by atoms with Crippen LogP contribution in [-0.4, -0.2) is 8.42 Å². The van der Waals surface area contributed by atoms with Crippen molar-refractivity contribution in [3.8, 4) is 0 Å². The van der Waals surface area contributed by atoms with E-state index in [1.54, 1.807) is 24.3 Å². The Labute approximate surface area is 151 Å².